The molecule has 0 radical (unpaired) electrons. The van der Waals surface area contributed by atoms with Gasteiger partial charge in [-0.25, -0.2) is 0 Å². The number of unbranched alkanes of at least 4 members (excludes halogenated alkanes) is 2. The Kier molecular flexibility index (Phi) is 32.2. The first-order chi connectivity index (χ1) is 26.2. The van der Waals surface area contributed by atoms with Gasteiger partial charge < -0.3 is 4.74 Å². The van der Waals surface area contributed by atoms with Gasteiger partial charge in [-0.3, -0.25) is 14.4 Å². The van der Waals surface area contributed by atoms with Crippen molar-refractivity contribution in [2.45, 2.75) is 65.7 Å². The second-order valence-corrected chi connectivity index (χ2v) is 10.9. The van der Waals surface area contributed by atoms with Crippen LogP contribution in [-0.4, -0.2) is 42.6 Å². The molecule has 0 saturated heterocycles. The summed E-state index contributed by atoms with van der Waals surface area (Å²) in [7, 11) is 0. The van der Waals surface area contributed by atoms with Crippen LogP contribution in [0.4, 0.5) is 0 Å². The smallest absolute Gasteiger partial charge is 0.373 e. The largest absolute Gasteiger partial charge is 0.466 e. The van der Waals surface area contributed by atoms with Gasteiger partial charge in [0.25, 0.3) is 0 Å². The Morgan fingerprint density at radius 2 is 1.00 bits per heavy atom. The summed E-state index contributed by atoms with van der Waals surface area (Å²) < 4.78 is 5.23. The highest BCUT2D eigenvalue weighted by molar-refractivity contribution is 6.06. The number of hydrogen-bond acceptors (Lipinski definition) is 10. The Balaban J connectivity index is 0. The number of hydrogen-bond donors (Lipinski definition) is 0. The maximum Gasteiger partial charge on any atom is 0.373 e. The quantitative estimate of drug-likeness (QED) is 0.0737. The third kappa shape index (κ3) is 23.9. The molecule has 10 heteroatoms. The number of benzene rings is 4. The summed E-state index contributed by atoms with van der Waals surface area (Å²) in [5.74, 6) is -0.644. The lowest BCUT2D eigenvalue weighted by Gasteiger charge is -2.24. The van der Waals surface area contributed by atoms with Gasteiger partial charge in [0.15, 0.2) is 11.6 Å². The second kappa shape index (κ2) is 35.0. The van der Waals surface area contributed by atoms with Gasteiger partial charge in [-0.1, -0.05) is 167 Å². The summed E-state index contributed by atoms with van der Waals surface area (Å²) in [5, 5.41) is 0. The first-order valence-electron chi connectivity index (χ1n) is 17.3. The summed E-state index contributed by atoms with van der Waals surface area (Å²) in [6.45, 7) is 8.54. The molecule has 284 valence electrons. The molecular formula is C44H48O10. The van der Waals surface area contributed by atoms with Crippen molar-refractivity contribution in [2.75, 3.05) is 6.61 Å². The van der Waals surface area contributed by atoms with Gasteiger partial charge >= 0.3 is 24.4 Å². The van der Waals surface area contributed by atoms with E-state index in [9.17, 15) is 14.4 Å². The predicted molar refractivity (Wildman–Crippen MR) is 201 cm³/mol. The highest BCUT2D eigenvalue weighted by atomic mass is 16.5. The van der Waals surface area contributed by atoms with Crippen molar-refractivity contribution in [3.05, 3.63) is 150 Å². The molecule has 0 aromatic heterocycles. The maximum atomic E-state index is 12.7. The van der Waals surface area contributed by atoms with E-state index in [1.165, 1.54) is 19.3 Å². The van der Waals surface area contributed by atoms with Crippen LogP contribution >= 0.6 is 0 Å². The van der Waals surface area contributed by atoms with Crippen LogP contribution < -0.4 is 0 Å². The van der Waals surface area contributed by atoms with Crippen LogP contribution in [0.3, 0.4) is 0 Å². The third-order valence-electron chi connectivity index (χ3n) is 7.24. The molecule has 4 aromatic carbocycles. The molecular weight excluding hydrogens is 688 g/mol. The molecule has 2 unspecified atom stereocenters. The normalized spacial score (nSPS) is 10.1. The fourth-order valence-corrected chi connectivity index (χ4v) is 4.79. The van der Waals surface area contributed by atoms with E-state index in [1.54, 1.807) is 13.0 Å². The molecule has 4 rings (SSSR count). The van der Waals surface area contributed by atoms with E-state index in [4.69, 9.17) is 33.5 Å². The highest BCUT2D eigenvalue weighted by Crippen LogP contribution is 2.32. The van der Waals surface area contributed by atoms with E-state index in [0.29, 0.717) is 25.0 Å². The Morgan fingerprint density at radius 1 is 0.593 bits per heavy atom. The fourth-order valence-electron chi connectivity index (χ4n) is 4.79. The number of allylic oxidation sites excluding steroid dienone is 1. The monoisotopic (exact) mass is 736 g/mol. The maximum absolute atomic E-state index is 12.7. The zero-order valence-electron chi connectivity index (χ0n) is 31.2. The number of Topliss-reactive ketones (excluding diaryl/α,β-unsaturated/α-hetero) is 1. The molecule has 0 N–H and O–H groups in total. The lowest BCUT2D eigenvalue weighted by molar-refractivity contribution is -0.193. The van der Waals surface area contributed by atoms with E-state index in [0.717, 1.165) is 16.7 Å². The van der Waals surface area contributed by atoms with Crippen molar-refractivity contribution >= 4 is 42.1 Å². The van der Waals surface area contributed by atoms with Gasteiger partial charge in [0, 0.05) is 23.5 Å². The zero-order chi connectivity index (χ0) is 40.8. The zero-order valence-corrected chi connectivity index (χ0v) is 31.2. The standard InChI is InChI=1S/C21H24O3.C15H12O.C5H12.3CO2/c1-3-18(21(23)24-4-2)19(16-11-7-5-8-12-16)15-20(22)17-13-9-6-10-14-17;16-15(14-9-5-2-6-10-14)12-11-13-7-3-1-4-8-13;1-3-5-4-2;3*2-1-3/h5-14,18-19H,3-4,15H2,1-2H3;1-12H;3-5H2,1-2H3;;;/b;12-11+;;;;. The van der Waals surface area contributed by atoms with Gasteiger partial charge in [0.2, 0.25) is 0 Å². The summed E-state index contributed by atoms with van der Waals surface area (Å²) in [5.41, 5.74) is 3.43. The lowest BCUT2D eigenvalue weighted by atomic mass is 9.80. The molecule has 2 atom stereocenters. The minimum atomic E-state index is -0.319. The van der Waals surface area contributed by atoms with Crippen LogP contribution in [0.5, 0.6) is 0 Å². The van der Waals surface area contributed by atoms with E-state index < -0.39 is 0 Å². The van der Waals surface area contributed by atoms with Gasteiger partial charge in [0.1, 0.15) is 0 Å². The predicted octanol–water partition coefficient (Wildman–Crippen LogP) is 8.66. The van der Waals surface area contributed by atoms with Crippen LogP contribution in [0.1, 0.15) is 97.6 Å². The summed E-state index contributed by atoms with van der Waals surface area (Å²) >= 11 is 0. The molecule has 4 aromatic rings. The molecule has 0 spiro atoms. The van der Waals surface area contributed by atoms with Crippen LogP contribution in [-0.2, 0) is 38.3 Å². The number of ketones is 2. The van der Waals surface area contributed by atoms with Crippen molar-refractivity contribution in [1.29, 1.82) is 0 Å². The summed E-state index contributed by atoms with van der Waals surface area (Å²) in [6.07, 6.45) is 9.19. The van der Waals surface area contributed by atoms with Crippen LogP contribution in [0.25, 0.3) is 6.08 Å². The molecule has 0 saturated carbocycles. The molecule has 0 aliphatic carbocycles. The van der Waals surface area contributed by atoms with E-state index in [1.807, 2.05) is 134 Å². The van der Waals surface area contributed by atoms with Crippen molar-refractivity contribution in [3.63, 3.8) is 0 Å². The van der Waals surface area contributed by atoms with E-state index in [2.05, 4.69) is 13.8 Å². The van der Waals surface area contributed by atoms with Crippen molar-refractivity contribution < 1.29 is 47.9 Å². The van der Waals surface area contributed by atoms with E-state index in [-0.39, 0.29) is 47.8 Å². The van der Waals surface area contributed by atoms with Crippen molar-refractivity contribution in [1.82, 2.24) is 0 Å². The average Bonchev–Trinajstić information content (AvgIpc) is 3.20. The first kappa shape index (κ1) is 49.7. The number of rotatable bonds is 13. The number of ether oxygens (including phenoxy) is 1. The van der Waals surface area contributed by atoms with Gasteiger partial charge in [0.05, 0.1) is 12.5 Å². The Bertz CT molecular complexity index is 1660. The topological polar surface area (TPSA) is 163 Å². The fraction of sp³-hybridized carbons (Fsp3) is 0.273. The molecule has 0 amide bonds. The molecule has 0 bridgehead atoms. The molecule has 0 aliphatic rings. The molecule has 10 nitrogen and oxygen atoms in total. The Hall–Kier alpha value is -6.43. The molecule has 0 heterocycles. The first-order valence-corrected chi connectivity index (χ1v) is 17.3. The number of carbonyl (C=O) groups is 3. The van der Waals surface area contributed by atoms with Crippen molar-refractivity contribution in [2.24, 2.45) is 5.92 Å². The molecule has 54 heavy (non-hydrogen) atoms. The highest BCUT2D eigenvalue weighted by Gasteiger charge is 2.31. The lowest BCUT2D eigenvalue weighted by Crippen LogP contribution is -2.26. The van der Waals surface area contributed by atoms with Gasteiger partial charge in [-0.15, -0.1) is 0 Å². The van der Waals surface area contributed by atoms with Crippen molar-refractivity contribution in [3.8, 4) is 0 Å². The summed E-state index contributed by atoms with van der Waals surface area (Å²) in [4.78, 5) is 85.5. The second-order valence-electron chi connectivity index (χ2n) is 10.9. The van der Waals surface area contributed by atoms with Gasteiger partial charge in [-0.2, -0.15) is 28.8 Å². The Morgan fingerprint density at radius 3 is 1.39 bits per heavy atom. The minimum Gasteiger partial charge on any atom is -0.466 e. The third-order valence-corrected chi connectivity index (χ3v) is 7.24. The average molecular weight is 737 g/mol. The van der Waals surface area contributed by atoms with Crippen LogP contribution in [0.2, 0.25) is 0 Å². The SMILES string of the molecule is CCCCC.CCOC(=O)C(CC)C(CC(=O)c1ccccc1)c1ccccc1.O=C(/C=C/c1ccccc1)c1ccccc1.O=C=O.O=C=O.O=C=O. The Labute approximate surface area is 317 Å². The van der Waals surface area contributed by atoms with Gasteiger partial charge in [-0.05, 0) is 30.5 Å². The minimum absolute atomic E-state index is 0.0319. The molecule has 0 aliphatic heterocycles. The van der Waals surface area contributed by atoms with Crippen LogP contribution in [0, 0.1) is 5.92 Å². The van der Waals surface area contributed by atoms with Crippen LogP contribution in [0.15, 0.2) is 127 Å². The summed E-state index contributed by atoms with van der Waals surface area (Å²) in [6, 6.07) is 38.0. The number of carbonyl (C=O) groups excluding carboxylic acids is 9. The molecule has 0 fully saturated rings. The van der Waals surface area contributed by atoms with E-state index >= 15 is 0 Å². The number of esters is 1.